The lowest BCUT2D eigenvalue weighted by Crippen LogP contribution is -2.53. The molecule has 0 saturated carbocycles. The van der Waals surface area contributed by atoms with Gasteiger partial charge in [-0.2, -0.15) is 0 Å². The molecule has 0 aliphatic carbocycles. The molecule has 2 bridgehead atoms. The number of nitrogens with zero attached hydrogens (tertiary/aromatic N) is 2. The Morgan fingerprint density at radius 3 is 3.04 bits per heavy atom. The van der Waals surface area contributed by atoms with Crippen molar-refractivity contribution in [2.24, 2.45) is 11.8 Å². The van der Waals surface area contributed by atoms with E-state index >= 15 is 0 Å². The molecule has 2 aromatic rings. The van der Waals surface area contributed by atoms with Gasteiger partial charge in [0.2, 0.25) is 0 Å². The number of methoxy groups -OCH3 is 1. The molecule has 23 heavy (non-hydrogen) atoms. The Hall–Kier alpha value is -1.87. The second kappa shape index (κ2) is 5.97. The van der Waals surface area contributed by atoms with Gasteiger partial charge in [-0.05, 0) is 67.5 Å². The molecular weight excluding hydrogens is 284 g/mol. The number of hydrogen-bond donors (Lipinski definition) is 0. The van der Waals surface area contributed by atoms with Crippen molar-refractivity contribution in [3.05, 3.63) is 48.7 Å². The van der Waals surface area contributed by atoms with E-state index in [4.69, 9.17) is 4.74 Å². The molecule has 1 aromatic heterocycles. The molecule has 120 valence electrons. The van der Waals surface area contributed by atoms with Crippen molar-refractivity contribution < 1.29 is 4.74 Å². The average molecular weight is 308 g/mol. The highest BCUT2D eigenvalue weighted by molar-refractivity contribution is 5.83. The van der Waals surface area contributed by atoms with Crippen LogP contribution in [0.2, 0.25) is 0 Å². The zero-order valence-electron chi connectivity index (χ0n) is 13.7. The number of pyridine rings is 1. The number of piperidine rings is 3. The Bertz CT molecular complexity index is 727. The van der Waals surface area contributed by atoms with Crippen molar-refractivity contribution in [3.8, 4) is 5.75 Å². The van der Waals surface area contributed by atoms with Crippen LogP contribution >= 0.6 is 0 Å². The standard InChI is InChI=1S/C20H24N2O/c1-3-14-13-22-9-7-15(14)10-17(22)11-16-6-8-21-20-5-4-18(23-2)12-19(16)20/h3-6,8,12,14-15,17H,1,7,9-11,13H2,2H3/t14?,15?,17-/m1/s1. The molecule has 3 unspecified atom stereocenters. The third-order valence-corrected chi connectivity index (χ3v) is 5.73. The van der Waals surface area contributed by atoms with E-state index in [1.807, 2.05) is 12.3 Å². The normalized spacial score (nSPS) is 29.6. The predicted molar refractivity (Wildman–Crippen MR) is 93.8 cm³/mol. The number of aromatic nitrogens is 1. The summed E-state index contributed by atoms with van der Waals surface area (Å²) >= 11 is 0. The Balaban J connectivity index is 1.62. The zero-order valence-corrected chi connectivity index (χ0v) is 13.7. The van der Waals surface area contributed by atoms with Crippen LogP contribution in [-0.4, -0.2) is 36.1 Å². The maximum Gasteiger partial charge on any atom is 0.119 e. The van der Waals surface area contributed by atoms with Crippen LogP contribution in [0.25, 0.3) is 10.9 Å². The van der Waals surface area contributed by atoms with Crippen molar-refractivity contribution in [1.82, 2.24) is 9.88 Å². The van der Waals surface area contributed by atoms with E-state index in [-0.39, 0.29) is 0 Å². The zero-order chi connectivity index (χ0) is 15.8. The van der Waals surface area contributed by atoms with Crippen LogP contribution in [0.3, 0.4) is 0 Å². The Morgan fingerprint density at radius 1 is 1.39 bits per heavy atom. The Kier molecular flexibility index (Phi) is 3.82. The van der Waals surface area contributed by atoms with Crippen LogP contribution in [0, 0.1) is 11.8 Å². The monoisotopic (exact) mass is 308 g/mol. The van der Waals surface area contributed by atoms with Gasteiger partial charge < -0.3 is 4.74 Å². The Morgan fingerprint density at radius 2 is 2.30 bits per heavy atom. The third kappa shape index (κ3) is 2.63. The molecule has 1 aromatic carbocycles. The highest BCUT2D eigenvalue weighted by Gasteiger charge is 2.38. The van der Waals surface area contributed by atoms with Crippen molar-refractivity contribution in [1.29, 1.82) is 0 Å². The van der Waals surface area contributed by atoms with E-state index < -0.39 is 0 Å². The molecule has 0 radical (unpaired) electrons. The maximum atomic E-state index is 5.40. The molecule has 3 saturated heterocycles. The van der Waals surface area contributed by atoms with Crippen LogP contribution in [0.5, 0.6) is 5.75 Å². The lowest BCUT2D eigenvalue weighted by Gasteiger charge is -2.49. The maximum absolute atomic E-state index is 5.40. The highest BCUT2D eigenvalue weighted by atomic mass is 16.5. The van der Waals surface area contributed by atoms with Gasteiger partial charge in [-0.1, -0.05) is 6.08 Å². The van der Waals surface area contributed by atoms with Crippen molar-refractivity contribution in [2.75, 3.05) is 20.2 Å². The van der Waals surface area contributed by atoms with Crippen molar-refractivity contribution in [2.45, 2.75) is 25.3 Å². The predicted octanol–water partition coefficient (Wildman–Crippen LogP) is 3.68. The number of rotatable bonds is 4. The smallest absolute Gasteiger partial charge is 0.119 e. The van der Waals surface area contributed by atoms with Gasteiger partial charge in [0.1, 0.15) is 5.75 Å². The first-order valence-corrected chi connectivity index (χ1v) is 8.56. The van der Waals surface area contributed by atoms with E-state index in [1.54, 1.807) is 7.11 Å². The molecule has 0 amide bonds. The van der Waals surface area contributed by atoms with Crippen LogP contribution in [0.4, 0.5) is 0 Å². The topological polar surface area (TPSA) is 25.4 Å². The van der Waals surface area contributed by atoms with E-state index in [2.05, 4.69) is 40.7 Å². The summed E-state index contributed by atoms with van der Waals surface area (Å²) in [6.45, 7) is 6.45. The molecule has 3 fully saturated rings. The summed E-state index contributed by atoms with van der Waals surface area (Å²) < 4.78 is 5.40. The summed E-state index contributed by atoms with van der Waals surface area (Å²) in [7, 11) is 1.72. The minimum Gasteiger partial charge on any atom is -0.497 e. The number of benzene rings is 1. The minimum absolute atomic E-state index is 0.654. The van der Waals surface area contributed by atoms with E-state index in [9.17, 15) is 0 Å². The lowest BCUT2D eigenvalue weighted by atomic mass is 9.74. The fraction of sp³-hybridized carbons (Fsp3) is 0.450. The van der Waals surface area contributed by atoms with E-state index in [1.165, 1.54) is 36.9 Å². The first kappa shape index (κ1) is 14.7. The molecule has 0 N–H and O–H groups in total. The van der Waals surface area contributed by atoms with E-state index in [0.29, 0.717) is 12.0 Å². The number of hydrogen-bond acceptors (Lipinski definition) is 3. The lowest BCUT2D eigenvalue weighted by molar-refractivity contribution is 0.0196. The largest absolute Gasteiger partial charge is 0.497 e. The summed E-state index contributed by atoms with van der Waals surface area (Å²) in [5, 5.41) is 1.23. The fourth-order valence-electron chi connectivity index (χ4n) is 4.40. The SMILES string of the molecule is C=CC1CN2CCC1C[C@@H]2Cc1ccnc2ccc(OC)cc12. The molecule has 3 aliphatic rings. The first-order chi connectivity index (χ1) is 11.3. The molecule has 4 atom stereocenters. The van der Waals surface area contributed by atoms with Gasteiger partial charge >= 0.3 is 0 Å². The fourth-order valence-corrected chi connectivity index (χ4v) is 4.40. The van der Waals surface area contributed by atoms with Crippen LogP contribution in [0.1, 0.15) is 18.4 Å². The van der Waals surface area contributed by atoms with Gasteiger partial charge in [-0.25, -0.2) is 0 Å². The first-order valence-electron chi connectivity index (χ1n) is 8.56. The third-order valence-electron chi connectivity index (χ3n) is 5.73. The van der Waals surface area contributed by atoms with Gasteiger partial charge in [0.15, 0.2) is 0 Å². The molecule has 5 rings (SSSR count). The van der Waals surface area contributed by atoms with Gasteiger partial charge in [0, 0.05) is 24.2 Å². The van der Waals surface area contributed by atoms with Crippen LogP contribution < -0.4 is 4.74 Å². The summed E-state index contributed by atoms with van der Waals surface area (Å²) in [4.78, 5) is 7.17. The quantitative estimate of drug-likeness (QED) is 0.806. The number of ether oxygens (including phenoxy) is 1. The second-order valence-corrected chi connectivity index (χ2v) is 6.89. The van der Waals surface area contributed by atoms with Gasteiger partial charge in [0.05, 0.1) is 12.6 Å². The van der Waals surface area contributed by atoms with Gasteiger partial charge in [0.25, 0.3) is 0 Å². The Labute approximate surface area is 138 Å². The van der Waals surface area contributed by atoms with E-state index in [0.717, 1.165) is 23.6 Å². The van der Waals surface area contributed by atoms with Crippen LogP contribution in [-0.2, 0) is 6.42 Å². The summed E-state index contributed by atoms with van der Waals surface area (Å²) in [5.41, 5.74) is 2.45. The van der Waals surface area contributed by atoms with Gasteiger partial charge in [-0.15, -0.1) is 6.58 Å². The highest BCUT2D eigenvalue weighted by Crippen LogP contribution is 2.38. The van der Waals surface area contributed by atoms with Gasteiger partial charge in [-0.3, -0.25) is 9.88 Å². The van der Waals surface area contributed by atoms with Crippen LogP contribution in [0.15, 0.2) is 43.1 Å². The number of fused-ring (bicyclic) bond motifs is 4. The van der Waals surface area contributed by atoms with Crippen molar-refractivity contribution in [3.63, 3.8) is 0 Å². The molecule has 3 nitrogen and oxygen atoms in total. The molecule has 4 heterocycles. The molecule has 0 spiro atoms. The summed E-state index contributed by atoms with van der Waals surface area (Å²) in [6.07, 6.45) is 7.84. The molecule has 3 heteroatoms. The average Bonchev–Trinajstić information content (AvgIpc) is 2.62. The minimum atomic E-state index is 0.654. The molecular formula is C20H24N2O. The summed E-state index contributed by atoms with van der Waals surface area (Å²) in [5.74, 6) is 2.42. The van der Waals surface area contributed by atoms with Crippen molar-refractivity contribution >= 4 is 10.9 Å². The molecule has 3 aliphatic heterocycles. The second-order valence-electron chi connectivity index (χ2n) is 6.89. The summed E-state index contributed by atoms with van der Waals surface area (Å²) in [6, 6.07) is 9.00.